The summed E-state index contributed by atoms with van der Waals surface area (Å²) in [7, 11) is 1.84. The number of hydrogen-bond acceptors (Lipinski definition) is 4. The Kier molecular flexibility index (Phi) is 4.65. The van der Waals surface area contributed by atoms with Crippen LogP contribution >= 0.6 is 0 Å². The Bertz CT molecular complexity index is 440. The summed E-state index contributed by atoms with van der Waals surface area (Å²) in [6, 6.07) is 0. The van der Waals surface area contributed by atoms with Crippen LogP contribution in [0.5, 0.6) is 0 Å². The first-order chi connectivity index (χ1) is 9.16. The van der Waals surface area contributed by atoms with E-state index in [0.717, 1.165) is 12.8 Å². The quantitative estimate of drug-likeness (QED) is 0.820. The molecular formula is C13H21N5O. The minimum absolute atomic E-state index is 0.0908. The second kappa shape index (κ2) is 6.45. The predicted octanol–water partition coefficient (Wildman–Crippen LogP) is 1.65. The summed E-state index contributed by atoms with van der Waals surface area (Å²) < 4.78 is 0. The fourth-order valence-corrected chi connectivity index (χ4v) is 2.37. The van der Waals surface area contributed by atoms with Gasteiger partial charge in [0.15, 0.2) is 5.82 Å². The molecule has 104 valence electrons. The van der Waals surface area contributed by atoms with Crippen molar-refractivity contribution < 1.29 is 4.79 Å². The maximum absolute atomic E-state index is 12.1. The monoisotopic (exact) mass is 263 g/mol. The van der Waals surface area contributed by atoms with Crippen molar-refractivity contribution in [1.29, 1.82) is 0 Å². The number of tetrazole rings is 1. The molecule has 6 nitrogen and oxygen atoms in total. The third-order valence-electron chi connectivity index (χ3n) is 3.54. The number of aromatic nitrogens is 4. The largest absolute Gasteiger partial charge is 0.345 e. The highest BCUT2D eigenvalue weighted by Crippen LogP contribution is 2.21. The molecule has 1 amide bonds. The Morgan fingerprint density at radius 1 is 1.53 bits per heavy atom. The topological polar surface area (TPSA) is 74.8 Å². The van der Waals surface area contributed by atoms with Crippen LogP contribution in [0.4, 0.5) is 0 Å². The van der Waals surface area contributed by atoms with E-state index in [1.807, 2.05) is 14.0 Å². The van der Waals surface area contributed by atoms with E-state index in [4.69, 9.17) is 0 Å². The van der Waals surface area contributed by atoms with Crippen molar-refractivity contribution in [3.8, 4) is 0 Å². The Balaban J connectivity index is 1.83. The van der Waals surface area contributed by atoms with Crippen LogP contribution in [0.2, 0.25) is 0 Å². The number of nitrogens with one attached hydrogen (secondary N) is 1. The van der Waals surface area contributed by atoms with Crippen molar-refractivity contribution in [2.75, 3.05) is 13.6 Å². The zero-order valence-electron chi connectivity index (χ0n) is 11.6. The number of amides is 1. The Labute approximate surface area is 113 Å². The van der Waals surface area contributed by atoms with Gasteiger partial charge in [-0.15, -0.1) is 10.2 Å². The number of hydrogen-bond donors (Lipinski definition) is 1. The van der Waals surface area contributed by atoms with E-state index >= 15 is 0 Å². The summed E-state index contributed by atoms with van der Waals surface area (Å²) >= 11 is 0. The highest BCUT2D eigenvalue weighted by molar-refractivity contribution is 5.78. The summed E-state index contributed by atoms with van der Waals surface area (Å²) in [5, 5.41) is 13.9. The fraction of sp³-hybridized carbons (Fsp3) is 0.692. The number of H-pyrrole nitrogens is 1. The molecule has 0 bridgehead atoms. The third kappa shape index (κ3) is 3.87. The van der Waals surface area contributed by atoms with Crippen LogP contribution in [-0.2, 0) is 4.79 Å². The second-order valence-corrected chi connectivity index (χ2v) is 5.23. The number of carbonyl (C=O) groups excluding carboxylic acids is 1. The molecule has 1 atom stereocenters. The SMILES string of the molecule is C[C@@H](CN(C)C(=O)CC1=CCCCC1)c1nn[nH]n1. The average Bonchev–Trinajstić information content (AvgIpc) is 2.93. The van der Waals surface area contributed by atoms with E-state index in [9.17, 15) is 4.79 Å². The molecule has 6 heteroatoms. The first kappa shape index (κ1) is 13.7. The van der Waals surface area contributed by atoms with Crippen LogP contribution in [-0.4, -0.2) is 45.0 Å². The minimum Gasteiger partial charge on any atom is -0.345 e. The molecule has 2 rings (SSSR count). The van der Waals surface area contributed by atoms with Crippen molar-refractivity contribution in [2.45, 2.75) is 44.9 Å². The van der Waals surface area contributed by atoms with Crippen LogP contribution in [0.25, 0.3) is 0 Å². The molecule has 1 aliphatic carbocycles. The molecule has 0 saturated heterocycles. The van der Waals surface area contributed by atoms with Gasteiger partial charge in [0, 0.05) is 25.9 Å². The number of aromatic amines is 1. The van der Waals surface area contributed by atoms with E-state index in [2.05, 4.69) is 26.7 Å². The molecule has 0 aromatic carbocycles. The van der Waals surface area contributed by atoms with Gasteiger partial charge in [-0.2, -0.15) is 5.21 Å². The Hall–Kier alpha value is -1.72. The van der Waals surface area contributed by atoms with E-state index < -0.39 is 0 Å². The van der Waals surface area contributed by atoms with E-state index in [1.165, 1.54) is 18.4 Å². The molecule has 0 fully saturated rings. The van der Waals surface area contributed by atoms with Gasteiger partial charge in [0.25, 0.3) is 0 Å². The molecule has 1 heterocycles. The lowest BCUT2D eigenvalue weighted by Crippen LogP contribution is -2.31. The molecule has 1 aliphatic rings. The van der Waals surface area contributed by atoms with Gasteiger partial charge in [-0.25, -0.2) is 0 Å². The van der Waals surface area contributed by atoms with Crippen LogP contribution in [0.3, 0.4) is 0 Å². The molecule has 0 saturated carbocycles. The van der Waals surface area contributed by atoms with Gasteiger partial charge in [-0.3, -0.25) is 4.79 Å². The van der Waals surface area contributed by atoms with Crippen molar-refractivity contribution in [1.82, 2.24) is 25.5 Å². The number of allylic oxidation sites excluding steroid dienone is 1. The second-order valence-electron chi connectivity index (χ2n) is 5.23. The minimum atomic E-state index is 0.0908. The average molecular weight is 263 g/mol. The molecule has 0 spiro atoms. The lowest BCUT2D eigenvalue weighted by molar-refractivity contribution is -0.129. The molecule has 1 aromatic rings. The molecule has 0 aliphatic heterocycles. The van der Waals surface area contributed by atoms with Crippen LogP contribution < -0.4 is 0 Å². The predicted molar refractivity (Wildman–Crippen MR) is 71.4 cm³/mol. The van der Waals surface area contributed by atoms with Gasteiger partial charge in [0.2, 0.25) is 5.91 Å². The Morgan fingerprint density at radius 3 is 3.00 bits per heavy atom. The molecule has 1 aromatic heterocycles. The van der Waals surface area contributed by atoms with E-state index in [0.29, 0.717) is 18.8 Å². The van der Waals surface area contributed by atoms with Crippen molar-refractivity contribution in [3.63, 3.8) is 0 Å². The Morgan fingerprint density at radius 2 is 2.37 bits per heavy atom. The molecule has 0 radical (unpaired) electrons. The van der Waals surface area contributed by atoms with Crippen LogP contribution in [0, 0.1) is 0 Å². The summed E-state index contributed by atoms with van der Waals surface area (Å²) in [6.07, 6.45) is 7.42. The maximum Gasteiger partial charge on any atom is 0.226 e. The molecule has 19 heavy (non-hydrogen) atoms. The normalized spacial score (nSPS) is 16.8. The van der Waals surface area contributed by atoms with Gasteiger partial charge in [-0.1, -0.05) is 23.8 Å². The smallest absolute Gasteiger partial charge is 0.226 e. The highest BCUT2D eigenvalue weighted by atomic mass is 16.2. The number of nitrogens with zero attached hydrogens (tertiary/aromatic N) is 4. The summed E-state index contributed by atoms with van der Waals surface area (Å²) in [5.41, 5.74) is 1.29. The standard InChI is InChI=1S/C13H21N5O/c1-10(13-14-16-17-15-13)9-18(2)12(19)8-11-6-4-3-5-7-11/h6,10H,3-5,7-9H2,1-2H3,(H,14,15,16,17)/t10-/m0/s1. The first-order valence-electron chi connectivity index (χ1n) is 6.82. The summed E-state index contributed by atoms with van der Waals surface area (Å²) in [4.78, 5) is 13.9. The van der Waals surface area contributed by atoms with Gasteiger partial charge >= 0.3 is 0 Å². The van der Waals surface area contributed by atoms with E-state index in [1.54, 1.807) is 4.90 Å². The van der Waals surface area contributed by atoms with Gasteiger partial charge in [0.05, 0.1) is 0 Å². The third-order valence-corrected chi connectivity index (χ3v) is 3.54. The number of likely N-dealkylation sites (N-methyl/N-ethyl adjacent to an activating group) is 1. The van der Waals surface area contributed by atoms with Gasteiger partial charge in [-0.05, 0) is 25.7 Å². The highest BCUT2D eigenvalue weighted by Gasteiger charge is 2.18. The molecule has 1 N–H and O–H groups in total. The maximum atomic E-state index is 12.1. The zero-order chi connectivity index (χ0) is 13.7. The summed E-state index contributed by atoms with van der Waals surface area (Å²) in [6.45, 7) is 2.61. The van der Waals surface area contributed by atoms with Crippen LogP contribution in [0.15, 0.2) is 11.6 Å². The van der Waals surface area contributed by atoms with Gasteiger partial charge in [0.1, 0.15) is 0 Å². The van der Waals surface area contributed by atoms with Crippen molar-refractivity contribution in [3.05, 3.63) is 17.5 Å². The van der Waals surface area contributed by atoms with Crippen molar-refractivity contribution in [2.24, 2.45) is 0 Å². The molecule has 0 unspecified atom stereocenters. The number of rotatable bonds is 5. The lowest BCUT2D eigenvalue weighted by Gasteiger charge is -2.21. The number of carbonyl (C=O) groups is 1. The summed E-state index contributed by atoms with van der Waals surface area (Å²) in [5.74, 6) is 0.910. The zero-order valence-corrected chi connectivity index (χ0v) is 11.6. The van der Waals surface area contributed by atoms with Gasteiger partial charge < -0.3 is 4.90 Å². The fourth-order valence-electron chi connectivity index (χ4n) is 2.37. The lowest BCUT2D eigenvalue weighted by atomic mass is 9.97. The van der Waals surface area contributed by atoms with Crippen LogP contribution in [0.1, 0.15) is 50.8 Å². The van der Waals surface area contributed by atoms with E-state index in [-0.39, 0.29) is 11.8 Å². The molecular weight excluding hydrogens is 242 g/mol. The van der Waals surface area contributed by atoms with Crippen molar-refractivity contribution >= 4 is 5.91 Å². The first-order valence-corrected chi connectivity index (χ1v) is 6.82.